The van der Waals surface area contributed by atoms with E-state index in [1.807, 2.05) is 66.7 Å². The van der Waals surface area contributed by atoms with Crippen molar-refractivity contribution in [1.29, 1.82) is 0 Å². The van der Waals surface area contributed by atoms with E-state index in [4.69, 9.17) is 28.4 Å². The summed E-state index contributed by atoms with van der Waals surface area (Å²) in [6.45, 7) is 7.48. The molecule has 2 saturated carbocycles. The van der Waals surface area contributed by atoms with Crippen molar-refractivity contribution in [3.8, 4) is 45.6 Å². The zero-order chi connectivity index (χ0) is 63.3. The van der Waals surface area contributed by atoms with E-state index in [9.17, 15) is 22.8 Å². The zero-order valence-corrected chi connectivity index (χ0v) is 51.8. The molecule has 12 rings (SSSR count). The van der Waals surface area contributed by atoms with E-state index in [0.29, 0.717) is 131 Å². The van der Waals surface area contributed by atoms with Gasteiger partial charge in [0.05, 0.1) is 50.0 Å². The molecule has 0 atom stereocenters. The maximum atomic E-state index is 15.4. The minimum atomic E-state index is -5.14. The first kappa shape index (κ1) is 62.1. The molecule has 7 aromatic rings. The lowest BCUT2D eigenvalue weighted by atomic mass is 9.75. The highest BCUT2D eigenvalue weighted by molar-refractivity contribution is 6.10. The molecule has 0 bridgehead atoms. The second kappa shape index (κ2) is 24.9. The fraction of sp³-hybridized carbons (Fsp3) is 0.405. The van der Waals surface area contributed by atoms with Crippen molar-refractivity contribution in [1.82, 2.24) is 0 Å². The van der Waals surface area contributed by atoms with Crippen molar-refractivity contribution in [2.75, 3.05) is 57.3 Å². The van der Waals surface area contributed by atoms with E-state index >= 15 is 13.2 Å². The van der Waals surface area contributed by atoms with E-state index in [-0.39, 0.29) is 46.5 Å². The summed E-state index contributed by atoms with van der Waals surface area (Å²) in [6, 6.07) is 34.8. The second-order valence-corrected chi connectivity index (χ2v) is 25.4. The molecule has 90 heavy (non-hydrogen) atoms. The van der Waals surface area contributed by atoms with Crippen LogP contribution in [0.3, 0.4) is 0 Å². The molecule has 5 aliphatic rings. The van der Waals surface area contributed by atoms with Crippen molar-refractivity contribution in [2.45, 2.75) is 127 Å². The first-order valence-electron chi connectivity index (χ1n) is 31.6. The van der Waals surface area contributed by atoms with Crippen LogP contribution in [0.5, 0.6) is 34.5 Å². The Balaban J connectivity index is 0.765. The topological polar surface area (TPSA) is 96.0 Å². The van der Waals surface area contributed by atoms with Crippen LogP contribution in [0.25, 0.3) is 28.0 Å². The fourth-order valence-electron chi connectivity index (χ4n) is 14.8. The molecule has 0 unspecified atom stereocenters. The number of esters is 2. The standard InChI is InChI=1S/C74H76F6N2O8/c1-7-8-9-10-45-11-13-46(14-12-45)47-19-27-56(28-20-47)88-69(83)48-15-17-49(18-16-48)70(84)89-57-33-25-53(26-34-57)81-37-39-82(40-38-81)63-43-59-60(44-64(63)87-6)68-58(67-65(59)61-41-52(73(75,76)77)42-62(74(78,79)80)66(61)71(67,2)3)35-36-72(90-68,50-21-29-54(85-4)30-22-50)51-23-31-55(86-5)32-24-51/h19-36,41-46,48-49H,7-18,37-40H2,1-6H3/t45-,46-,48-,49-. The van der Waals surface area contributed by atoms with E-state index in [1.54, 1.807) is 70.5 Å². The molecule has 0 amide bonds. The van der Waals surface area contributed by atoms with Gasteiger partial charge in [0.25, 0.3) is 0 Å². The van der Waals surface area contributed by atoms with Gasteiger partial charge in [-0.25, -0.2) is 0 Å². The lowest BCUT2D eigenvalue weighted by molar-refractivity contribution is -0.145. The summed E-state index contributed by atoms with van der Waals surface area (Å²) in [4.78, 5) is 31.1. The fourth-order valence-corrected chi connectivity index (χ4v) is 14.8. The van der Waals surface area contributed by atoms with E-state index in [1.165, 1.54) is 64.0 Å². The van der Waals surface area contributed by atoms with Crippen LogP contribution in [-0.2, 0) is 33.0 Å². The maximum absolute atomic E-state index is 15.4. The van der Waals surface area contributed by atoms with Crippen molar-refractivity contribution >= 4 is 40.2 Å². The third kappa shape index (κ3) is 12.0. The van der Waals surface area contributed by atoms with E-state index < -0.39 is 34.5 Å². The molecule has 472 valence electrons. The van der Waals surface area contributed by atoms with Crippen LogP contribution in [-0.4, -0.2) is 59.4 Å². The Labute approximate surface area is 522 Å². The second-order valence-electron chi connectivity index (χ2n) is 25.4. The number of carbonyl (C=O) groups excluding carboxylic acids is 2. The Morgan fingerprint density at radius 3 is 1.66 bits per heavy atom. The molecular formula is C74H76F6N2O8. The van der Waals surface area contributed by atoms with Gasteiger partial charge in [0.2, 0.25) is 0 Å². The number of hydrogen-bond acceptors (Lipinski definition) is 10. The average molecular weight is 1240 g/mol. The molecule has 0 N–H and O–H groups in total. The lowest BCUT2D eigenvalue weighted by Gasteiger charge is -2.39. The predicted octanol–water partition coefficient (Wildman–Crippen LogP) is 18.1. The molecule has 2 heterocycles. The Hall–Kier alpha value is -8.14. The summed E-state index contributed by atoms with van der Waals surface area (Å²) >= 11 is 0. The molecule has 3 fully saturated rings. The summed E-state index contributed by atoms with van der Waals surface area (Å²) < 4.78 is 127. The summed E-state index contributed by atoms with van der Waals surface area (Å²) in [7, 11) is 4.65. The number of alkyl halides is 6. The number of methoxy groups -OCH3 is 3. The van der Waals surface area contributed by atoms with Gasteiger partial charge in [0, 0.05) is 59.4 Å². The molecule has 0 aromatic heterocycles. The summed E-state index contributed by atoms with van der Waals surface area (Å²) in [5.41, 5.74) is -0.705. The van der Waals surface area contributed by atoms with Crippen LogP contribution in [0, 0.1) is 17.8 Å². The van der Waals surface area contributed by atoms with Gasteiger partial charge in [-0.1, -0.05) is 88.9 Å². The highest BCUT2D eigenvalue weighted by Gasteiger charge is 2.51. The number of nitrogens with zero attached hydrogens (tertiary/aromatic N) is 2. The maximum Gasteiger partial charge on any atom is 0.416 e. The molecular weight excluding hydrogens is 1160 g/mol. The Bertz CT molecular complexity index is 3750. The Kier molecular flexibility index (Phi) is 17.2. The number of carbonyl (C=O) groups is 2. The minimum absolute atomic E-state index is 0.156. The van der Waals surface area contributed by atoms with Gasteiger partial charge in [-0.2, -0.15) is 26.3 Å². The van der Waals surface area contributed by atoms with Gasteiger partial charge in [-0.05, 0) is 187 Å². The van der Waals surface area contributed by atoms with Gasteiger partial charge in [0.1, 0.15) is 34.5 Å². The molecule has 7 aromatic carbocycles. The van der Waals surface area contributed by atoms with Gasteiger partial charge < -0.3 is 38.2 Å². The number of fused-ring (bicyclic) bond motifs is 8. The number of halogens is 6. The van der Waals surface area contributed by atoms with Crippen LogP contribution >= 0.6 is 0 Å². The Morgan fingerprint density at radius 2 is 1.13 bits per heavy atom. The molecule has 3 aliphatic carbocycles. The van der Waals surface area contributed by atoms with Crippen molar-refractivity contribution in [3.05, 3.63) is 172 Å². The third-order valence-corrected chi connectivity index (χ3v) is 19.7. The summed E-state index contributed by atoms with van der Waals surface area (Å²) in [5, 5.41) is 0.825. The first-order valence-corrected chi connectivity index (χ1v) is 31.6. The third-order valence-electron chi connectivity index (χ3n) is 19.7. The van der Waals surface area contributed by atoms with E-state index in [2.05, 4.69) is 28.9 Å². The van der Waals surface area contributed by atoms with Crippen molar-refractivity contribution in [3.63, 3.8) is 0 Å². The normalized spacial score (nSPS) is 20.1. The lowest BCUT2D eigenvalue weighted by Crippen LogP contribution is -2.46. The predicted molar refractivity (Wildman–Crippen MR) is 337 cm³/mol. The van der Waals surface area contributed by atoms with Gasteiger partial charge in [-0.15, -0.1) is 0 Å². The van der Waals surface area contributed by atoms with Gasteiger partial charge in [0.15, 0.2) is 5.60 Å². The number of piperazine rings is 1. The number of rotatable bonds is 16. The molecule has 0 spiro atoms. The Morgan fingerprint density at radius 1 is 0.589 bits per heavy atom. The highest BCUT2D eigenvalue weighted by atomic mass is 19.4. The van der Waals surface area contributed by atoms with Crippen LogP contribution in [0.4, 0.5) is 37.7 Å². The summed E-state index contributed by atoms with van der Waals surface area (Å²) in [5.74, 6) is 3.03. The molecule has 2 aliphatic heterocycles. The van der Waals surface area contributed by atoms with Crippen LogP contribution in [0.1, 0.15) is 148 Å². The number of hydrogen-bond donors (Lipinski definition) is 0. The SMILES string of the molecule is CCCCC[C@H]1CC[C@H](c2ccc(OC(=O)[C@H]3CC[C@H](C(=O)Oc4ccc(N5CCN(c6cc7c8c(c9c(c7cc6OC)OC(c6ccc(OC)cc6)(c6ccc(OC)cc6)C=C9)C(C)(C)c6c-8cc(C(F)(F)F)cc6C(F)(F)F)CC5)cc4)CC3)cc2)CC1. The zero-order valence-electron chi connectivity index (χ0n) is 51.8. The van der Waals surface area contributed by atoms with Crippen LogP contribution in [0.15, 0.2) is 127 Å². The van der Waals surface area contributed by atoms with Crippen molar-refractivity contribution < 1.29 is 64.4 Å². The molecule has 16 heteroatoms. The highest BCUT2D eigenvalue weighted by Crippen LogP contribution is 2.62. The number of benzene rings is 7. The summed E-state index contributed by atoms with van der Waals surface area (Å²) in [6.07, 6.45) is 5.73. The number of ether oxygens (including phenoxy) is 6. The molecule has 10 nitrogen and oxygen atoms in total. The smallest absolute Gasteiger partial charge is 0.416 e. The largest absolute Gasteiger partial charge is 0.497 e. The number of unbranched alkanes of at least 4 members (excludes halogenated alkanes) is 2. The number of anilines is 2. The minimum Gasteiger partial charge on any atom is -0.497 e. The average Bonchev–Trinajstić information content (AvgIpc) is 1.46. The quantitative estimate of drug-likeness (QED) is 0.0403. The monoisotopic (exact) mass is 1230 g/mol. The van der Waals surface area contributed by atoms with Gasteiger partial charge >= 0.3 is 24.3 Å². The van der Waals surface area contributed by atoms with Gasteiger partial charge in [-0.3, -0.25) is 9.59 Å². The van der Waals surface area contributed by atoms with Crippen LogP contribution in [0.2, 0.25) is 0 Å². The van der Waals surface area contributed by atoms with Crippen molar-refractivity contribution in [2.24, 2.45) is 17.8 Å². The van der Waals surface area contributed by atoms with Crippen LogP contribution < -0.4 is 38.2 Å². The molecule has 0 radical (unpaired) electrons. The van der Waals surface area contributed by atoms with E-state index in [0.717, 1.165) is 17.7 Å². The molecule has 1 saturated heterocycles. The first-order chi connectivity index (χ1) is 43.2.